The summed E-state index contributed by atoms with van der Waals surface area (Å²) in [5, 5.41) is 0.416. The number of sulfonamides is 1. The zero-order chi connectivity index (χ0) is 24.5. The SMILES string of the molecule is CCCS(=O)(=O)Nc1c(F)ccc(C(=O)c2c[nH]c3ncc(-c4cnc(CC)nc4)cc23)c1F. The van der Waals surface area contributed by atoms with Crippen LogP contribution in [0.1, 0.15) is 42.0 Å². The number of carbonyl (C=O) groups excluding carboxylic acids is 1. The van der Waals surface area contributed by atoms with Crippen molar-refractivity contribution in [1.29, 1.82) is 0 Å². The van der Waals surface area contributed by atoms with Gasteiger partial charge in [0.05, 0.1) is 11.3 Å². The first-order chi connectivity index (χ1) is 16.2. The number of H-pyrrole nitrogens is 1. The molecule has 4 rings (SSSR count). The number of nitrogens with zero attached hydrogens (tertiary/aromatic N) is 3. The van der Waals surface area contributed by atoms with Crippen LogP contribution in [-0.2, 0) is 16.4 Å². The summed E-state index contributed by atoms with van der Waals surface area (Å²) in [4.78, 5) is 28.9. The molecule has 0 radical (unpaired) electrons. The van der Waals surface area contributed by atoms with Gasteiger partial charge in [-0.25, -0.2) is 32.2 Å². The van der Waals surface area contributed by atoms with Gasteiger partial charge in [0.25, 0.3) is 0 Å². The first-order valence-corrected chi connectivity index (χ1v) is 12.2. The van der Waals surface area contributed by atoms with Crippen LogP contribution in [0.2, 0.25) is 0 Å². The molecule has 176 valence electrons. The lowest BCUT2D eigenvalue weighted by atomic mass is 10.0. The maximum atomic E-state index is 15.1. The van der Waals surface area contributed by atoms with Crippen molar-refractivity contribution in [2.75, 3.05) is 10.5 Å². The Hall–Kier alpha value is -3.73. The summed E-state index contributed by atoms with van der Waals surface area (Å²) in [5.41, 5.74) is 0.472. The Morgan fingerprint density at radius 2 is 1.74 bits per heavy atom. The molecule has 3 aromatic heterocycles. The number of rotatable bonds is 8. The van der Waals surface area contributed by atoms with Crippen LogP contribution in [0, 0.1) is 11.6 Å². The van der Waals surface area contributed by atoms with Crippen LogP contribution < -0.4 is 4.72 Å². The van der Waals surface area contributed by atoms with Crippen molar-refractivity contribution in [3.8, 4) is 11.1 Å². The number of aromatic nitrogens is 4. The number of anilines is 1. The Kier molecular flexibility index (Phi) is 6.38. The summed E-state index contributed by atoms with van der Waals surface area (Å²) < 4.78 is 55.4. The zero-order valence-corrected chi connectivity index (χ0v) is 19.2. The molecule has 0 amide bonds. The van der Waals surface area contributed by atoms with Gasteiger partial charge in [-0.1, -0.05) is 13.8 Å². The lowest BCUT2D eigenvalue weighted by Crippen LogP contribution is -2.19. The van der Waals surface area contributed by atoms with Crippen molar-refractivity contribution in [3.05, 3.63) is 71.6 Å². The smallest absolute Gasteiger partial charge is 0.232 e. The molecule has 34 heavy (non-hydrogen) atoms. The first-order valence-electron chi connectivity index (χ1n) is 10.6. The Balaban J connectivity index is 1.75. The van der Waals surface area contributed by atoms with Crippen molar-refractivity contribution in [3.63, 3.8) is 0 Å². The minimum atomic E-state index is -3.97. The third kappa shape index (κ3) is 4.51. The van der Waals surface area contributed by atoms with Gasteiger partial charge in [0.15, 0.2) is 11.6 Å². The molecule has 0 saturated heterocycles. The maximum Gasteiger partial charge on any atom is 0.232 e. The van der Waals surface area contributed by atoms with Gasteiger partial charge < -0.3 is 4.98 Å². The monoisotopic (exact) mass is 485 g/mol. The fourth-order valence-electron chi connectivity index (χ4n) is 3.48. The second kappa shape index (κ2) is 9.26. The normalized spacial score (nSPS) is 11.6. The Morgan fingerprint density at radius 1 is 1.03 bits per heavy atom. The predicted octanol–water partition coefficient (Wildman–Crippen LogP) is 4.24. The Morgan fingerprint density at radius 3 is 2.41 bits per heavy atom. The molecule has 11 heteroatoms. The van der Waals surface area contributed by atoms with Gasteiger partial charge in [-0.2, -0.15) is 0 Å². The highest BCUT2D eigenvalue weighted by molar-refractivity contribution is 7.92. The van der Waals surface area contributed by atoms with E-state index >= 15 is 4.39 Å². The number of hydrogen-bond acceptors (Lipinski definition) is 6. The second-order valence-corrected chi connectivity index (χ2v) is 9.44. The molecule has 0 aliphatic heterocycles. The average molecular weight is 486 g/mol. The van der Waals surface area contributed by atoms with Crippen LogP contribution in [0.4, 0.5) is 14.5 Å². The number of carbonyl (C=O) groups is 1. The van der Waals surface area contributed by atoms with Crippen molar-refractivity contribution < 1.29 is 22.0 Å². The van der Waals surface area contributed by atoms with Crippen LogP contribution in [-0.4, -0.2) is 39.9 Å². The molecule has 0 spiro atoms. The highest BCUT2D eigenvalue weighted by Crippen LogP contribution is 2.29. The summed E-state index contributed by atoms with van der Waals surface area (Å²) in [5.74, 6) is -2.79. The van der Waals surface area contributed by atoms with E-state index in [0.717, 1.165) is 12.1 Å². The lowest BCUT2D eigenvalue weighted by molar-refractivity contribution is 0.103. The molecule has 0 aliphatic carbocycles. The number of fused-ring (bicyclic) bond motifs is 1. The summed E-state index contributed by atoms with van der Waals surface area (Å²) in [7, 11) is -3.97. The third-order valence-electron chi connectivity index (χ3n) is 5.20. The van der Waals surface area contributed by atoms with Gasteiger partial charge in [0, 0.05) is 53.3 Å². The van der Waals surface area contributed by atoms with E-state index in [1.54, 1.807) is 31.6 Å². The summed E-state index contributed by atoms with van der Waals surface area (Å²) >= 11 is 0. The lowest BCUT2D eigenvalue weighted by Gasteiger charge is -2.11. The number of pyridine rings is 1. The van der Waals surface area contributed by atoms with E-state index in [9.17, 15) is 17.6 Å². The van der Waals surface area contributed by atoms with Crippen molar-refractivity contribution >= 4 is 32.5 Å². The highest BCUT2D eigenvalue weighted by Gasteiger charge is 2.25. The van der Waals surface area contributed by atoms with E-state index in [1.807, 2.05) is 11.6 Å². The maximum absolute atomic E-state index is 15.1. The van der Waals surface area contributed by atoms with E-state index in [1.165, 1.54) is 6.20 Å². The van der Waals surface area contributed by atoms with Crippen LogP contribution in [0.5, 0.6) is 0 Å². The summed E-state index contributed by atoms with van der Waals surface area (Å²) in [6, 6.07) is 3.53. The van der Waals surface area contributed by atoms with E-state index in [0.29, 0.717) is 34.4 Å². The first kappa shape index (κ1) is 23.4. The standard InChI is InChI=1S/C23H21F2N5O3S/c1-3-7-34(32,33)30-21-18(24)6-5-15(20(21)25)22(31)17-12-29-23-16(17)8-13(9-28-23)14-10-26-19(4-2)27-11-14/h5-6,8-12,30H,3-4,7H2,1-2H3,(H,28,29). The number of aromatic amines is 1. The van der Waals surface area contributed by atoms with Crippen molar-refractivity contribution in [1.82, 2.24) is 19.9 Å². The summed E-state index contributed by atoms with van der Waals surface area (Å²) in [6.07, 6.45) is 7.22. The number of benzene rings is 1. The number of ketones is 1. The molecule has 0 unspecified atom stereocenters. The van der Waals surface area contributed by atoms with Gasteiger partial charge in [0.1, 0.15) is 23.0 Å². The number of nitrogens with one attached hydrogen (secondary N) is 2. The minimum absolute atomic E-state index is 0.100. The van der Waals surface area contributed by atoms with E-state index in [4.69, 9.17) is 0 Å². The number of aryl methyl sites for hydroxylation is 1. The molecule has 4 aromatic rings. The number of halogens is 2. The fourth-order valence-corrected chi connectivity index (χ4v) is 4.61. The summed E-state index contributed by atoms with van der Waals surface area (Å²) in [6.45, 7) is 3.56. The molecule has 0 atom stereocenters. The average Bonchev–Trinajstić information content (AvgIpc) is 3.25. The van der Waals surface area contributed by atoms with Gasteiger partial charge in [-0.3, -0.25) is 9.52 Å². The largest absolute Gasteiger partial charge is 0.345 e. The molecule has 0 saturated carbocycles. The van der Waals surface area contributed by atoms with Crippen LogP contribution in [0.3, 0.4) is 0 Å². The fraction of sp³-hybridized carbons (Fsp3) is 0.217. The van der Waals surface area contributed by atoms with Crippen molar-refractivity contribution in [2.45, 2.75) is 26.7 Å². The molecule has 1 aromatic carbocycles. The van der Waals surface area contributed by atoms with Crippen LogP contribution >= 0.6 is 0 Å². The Bertz CT molecular complexity index is 1480. The van der Waals surface area contributed by atoms with Gasteiger partial charge in [-0.05, 0) is 24.6 Å². The molecular formula is C23H21F2N5O3S. The van der Waals surface area contributed by atoms with Crippen LogP contribution in [0.15, 0.2) is 43.0 Å². The molecular weight excluding hydrogens is 464 g/mol. The molecule has 0 aliphatic rings. The molecule has 8 nitrogen and oxygen atoms in total. The highest BCUT2D eigenvalue weighted by atomic mass is 32.2. The quantitative estimate of drug-likeness (QED) is 0.361. The van der Waals surface area contributed by atoms with E-state index in [2.05, 4.69) is 19.9 Å². The van der Waals surface area contributed by atoms with Gasteiger partial charge in [0.2, 0.25) is 10.0 Å². The van der Waals surface area contributed by atoms with Gasteiger partial charge in [-0.15, -0.1) is 0 Å². The topological polar surface area (TPSA) is 118 Å². The van der Waals surface area contributed by atoms with E-state index in [-0.39, 0.29) is 17.7 Å². The number of hydrogen-bond donors (Lipinski definition) is 2. The van der Waals surface area contributed by atoms with Crippen LogP contribution in [0.25, 0.3) is 22.2 Å². The third-order valence-corrected chi connectivity index (χ3v) is 6.66. The minimum Gasteiger partial charge on any atom is -0.345 e. The Labute approximate surface area is 194 Å². The molecule has 0 bridgehead atoms. The predicted molar refractivity (Wildman–Crippen MR) is 124 cm³/mol. The molecule has 0 fully saturated rings. The van der Waals surface area contributed by atoms with E-state index < -0.39 is 38.7 Å². The van der Waals surface area contributed by atoms with Crippen molar-refractivity contribution in [2.24, 2.45) is 0 Å². The molecule has 2 N–H and O–H groups in total. The van der Waals surface area contributed by atoms with Gasteiger partial charge >= 0.3 is 0 Å². The zero-order valence-electron chi connectivity index (χ0n) is 18.4. The second-order valence-electron chi connectivity index (χ2n) is 7.60. The molecule has 3 heterocycles.